The van der Waals surface area contributed by atoms with E-state index in [1.165, 1.54) is 6.08 Å². The first-order chi connectivity index (χ1) is 7.34. The predicted octanol–water partition coefficient (Wildman–Crippen LogP) is 3.46. The lowest BCUT2D eigenvalue weighted by molar-refractivity contribution is -0.418. The highest BCUT2D eigenvalue weighted by molar-refractivity contribution is 6.68. The monoisotopic (exact) mass is 245 g/mol. The first kappa shape index (κ1) is 17.0. The van der Waals surface area contributed by atoms with Gasteiger partial charge in [-0.3, -0.25) is 14.9 Å². The molecule has 0 saturated carbocycles. The molecule has 0 aromatic heterocycles. The van der Waals surface area contributed by atoms with Crippen LogP contribution in [0, 0.1) is 10.1 Å². The van der Waals surface area contributed by atoms with Crippen LogP contribution in [0.1, 0.15) is 27.7 Å². The Hall–Kier alpha value is -1.42. The zero-order valence-electron chi connectivity index (χ0n) is 9.91. The van der Waals surface area contributed by atoms with Crippen molar-refractivity contribution in [3.63, 3.8) is 0 Å². The number of nitrogens with zero attached hydrogens (tertiary/aromatic N) is 1. The molecular formula is C11H16ClNO3. The fourth-order valence-electron chi connectivity index (χ4n) is 0.698. The van der Waals surface area contributed by atoms with Crippen LogP contribution >= 0.6 is 11.6 Å². The summed E-state index contributed by atoms with van der Waals surface area (Å²) in [6.45, 7) is 10.7. The molecule has 0 aliphatic rings. The predicted molar refractivity (Wildman–Crippen MR) is 65.9 cm³/mol. The standard InChI is InChI=1S/C9H10ClNO3.C2H6/c1-6(2)4-8(9(10)12)5-7(3)11(13)14;1-2/h4-5H,3H2,1-2H3;1-2H3/b8-5+;. The molecule has 0 atom stereocenters. The zero-order chi connectivity index (χ0) is 13.3. The van der Waals surface area contributed by atoms with E-state index in [1.54, 1.807) is 13.8 Å². The van der Waals surface area contributed by atoms with Crippen LogP contribution in [-0.4, -0.2) is 10.2 Å². The van der Waals surface area contributed by atoms with Crippen LogP contribution < -0.4 is 0 Å². The third-order valence-corrected chi connectivity index (χ3v) is 1.45. The number of allylic oxidation sites excluding steroid dienone is 4. The normalized spacial score (nSPS) is 9.69. The Morgan fingerprint density at radius 3 is 2.00 bits per heavy atom. The molecule has 0 unspecified atom stereocenters. The van der Waals surface area contributed by atoms with Crippen molar-refractivity contribution in [3.8, 4) is 0 Å². The van der Waals surface area contributed by atoms with Crippen molar-refractivity contribution in [3.05, 3.63) is 45.7 Å². The van der Waals surface area contributed by atoms with Gasteiger partial charge in [0, 0.05) is 11.6 Å². The van der Waals surface area contributed by atoms with Crippen molar-refractivity contribution in [2.75, 3.05) is 0 Å². The van der Waals surface area contributed by atoms with Crippen molar-refractivity contribution < 1.29 is 9.72 Å². The van der Waals surface area contributed by atoms with Crippen LogP contribution in [0.5, 0.6) is 0 Å². The van der Waals surface area contributed by atoms with Crippen LogP contribution in [-0.2, 0) is 4.79 Å². The van der Waals surface area contributed by atoms with Crippen molar-refractivity contribution in [1.82, 2.24) is 0 Å². The second-order valence-corrected chi connectivity index (χ2v) is 3.19. The van der Waals surface area contributed by atoms with Gasteiger partial charge in [-0.15, -0.1) is 0 Å². The summed E-state index contributed by atoms with van der Waals surface area (Å²) in [5, 5.41) is 9.49. The number of carbonyl (C=O) groups is 1. The molecule has 0 aromatic rings. The molecule has 16 heavy (non-hydrogen) atoms. The highest BCUT2D eigenvalue weighted by atomic mass is 35.5. The summed E-state index contributed by atoms with van der Waals surface area (Å²) < 4.78 is 0. The Bertz CT molecular complexity index is 339. The van der Waals surface area contributed by atoms with Gasteiger partial charge in [0.25, 0.3) is 10.9 Å². The average Bonchev–Trinajstić information content (AvgIpc) is 2.18. The maximum Gasteiger partial charge on any atom is 0.263 e. The SMILES string of the molecule is C=C(/C=C(\C=C(C)C)C(=O)Cl)[N+](=O)[O-].CC. The molecule has 0 aliphatic heterocycles. The van der Waals surface area contributed by atoms with E-state index in [-0.39, 0.29) is 11.3 Å². The Balaban J connectivity index is 0. The van der Waals surface area contributed by atoms with Crippen molar-refractivity contribution in [2.45, 2.75) is 27.7 Å². The summed E-state index contributed by atoms with van der Waals surface area (Å²) in [6.07, 6.45) is 2.51. The van der Waals surface area contributed by atoms with Gasteiger partial charge in [-0.2, -0.15) is 0 Å². The van der Waals surface area contributed by atoms with E-state index < -0.39 is 10.2 Å². The zero-order valence-corrected chi connectivity index (χ0v) is 10.7. The summed E-state index contributed by atoms with van der Waals surface area (Å²) in [6, 6.07) is 0. The molecule has 4 nitrogen and oxygen atoms in total. The van der Waals surface area contributed by atoms with Gasteiger partial charge < -0.3 is 0 Å². The molecule has 0 fully saturated rings. The topological polar surface area (TPSA) is 60.2 Å². The second kappa shape index (κ2) is 8.85. The van der Waals surface area contributed by atoms with E-state index >= 15 is 0 Å². The van der Waals surface area contributed by atoms with Crippen molar-refractivity contribution in [2.24, 2.45) is 0 Å². The summed E-state index contributed by atoms with van der Waals surface area (Å²) in [5.41, 5.74) is 0.515. The van der Waals surface area contributed by atoms with Gasteiger partial charge in [0.1, 0.15) is 0 Å². The summed E-state index contributed by atoms with van der Waals surface area (Å²) in [4.78, 5) is 20.4. The molecule has 5 heteroatoms. The van der Waals surface area contributed by atoms with Gasteiger partial charge in [0.2, 0.25) is 0 Å². The Morgan fingerprint density at radius 2 is 1.75 bits per heavy atom. The number of hydrogen-bond acceptors (Lipinski definition) is 3. The summed E-state index contributed by atoms with van der Waals surface area (Å²) in [7, 11) is 0. The molecule has 0 rings (SSSR count). The fraction of sp³-hybridized carbons (Fsp3) is 0.364. The Morgan fingerprint density at radius 1 is 1.31 bits per heavy atom. The number of nitro groups is 1. The Kier molecular flexibility index (Phi) is 9.40. The first-order valence-electron chi connectivity index (χ1n) is 4.74. The highest BCUT2D eigenvalue weighted by Crippen LogP contribution is 2.09. The minimum absolute atomic E-state index is 0.0633. The smallest absolute Gasteiger partial charge is 0.263 e. The van der Waals surface area contributed by atoms with Crippen LogP contribution in [0.15, 0.2) is 35.6 Å². The van der Waals surface area contributed by atoms with E-state index in [1.807, 2.05) is 13.8 Å². The van der Waals surface area contributed by atoms with E-state index in [9.17, 15) is 14.9 Å². The second-order valence-electron chi connectivity index (χ2n) is 2.84. The van der Waals surface area contributed by atoms with Gasteiger partial charge in [0.05, 0.1) is 4.92 Å². The number of carbonyl (C=O) groups excluding carboxylic acids is 1. The molecule has 90 valence electrons. The maximum absolute atomic E-state index is 10.8. The third-order valence-electron chi connectivity index (χ3n) is 1.23. The summed E-state index contributed by atoms with van der Waals surface area (Å²) in [5.74, 6) is 0. The molecule has 0 amide bonds. The highest BCUT2D eigenvalue weighted by Gasteiger charge is 2.08. The fourth-order valence-corrected chi connectivity index (χ4v) is 0.807. The average molecular weight is 246 g/mol. The maximum atomic E-state index is 10.8. The van der Waals surface area contributed by atoms with Crippen molar-refractivity contribution >= 4 is 16.8 Å². The number of hydrogen-bond donors (Lipinski definition) is 0. The van der Waals surface area contributed by atoms with E-state index in [0.717, 1.165) is 11.6 Å². The molecule has 0 saturated heterocycles. The van der Waals surface area contributed by atoms with Gasteiger partial charge in [-0.1, -0.05) is 25.5 Å². The summed E-state index contributed by atoms with van der Waals surface area (Å²) >= 11 is 5.22. The number of rotatable bonds is 4. The van der Waals surface area contributed by atoms with Crippen molar-refractivity contribution in [1.29, 1.82) is 0 Å². The lowest BCUT2D eigenvalue weighted by atomic mass is 10.2. The Labute approximate surface area is 100 Å². The molecule has 0 N–H and O–H groups in total. The third kappa shape index (κ3) is 7.94. The molecule has 0 heterocycles. The molecule has 0 radical (unpaired) electrons. The van der Waals surface area contributed by atoms with E-state index in [2.05, 4.69) is 6.58 Å². The largest absolute Gasteiger partial charge is 0.276 e. The van der Waals surface area contributed by atoms with Gasteiger partial charge >= 0.3 is 0 Å². The van der Waals surface area contributed by atoms with Crippen LogP contribution in [0.25, 0.3) is 0 Å². The minimum atomic E-state index is -0.741. The molecule has 0 aromatic carbocycles. The van der Waals surface area contributed by atoms with Crippen LogP contribution in [0.2, 0.25) is 0 Å². The van der Waals surface area contributed by atoms with Gasteiger partial charge in [-0.05, 0) is 32.0 Å². The van der Waals surface area contributed by atoms with E-state index in [0.29, 0.717) is 0 Å². The van der Waals surface area contributed by atoms with Gasteiger partial charge in [0.15, 0.2) is 0 Å². The van der Waals surface area contributed by atoms with Crippen LogP contribution in [0.3, 0.4) is 0 Å². The molecule has 0 aliphatic carbocycles. The van der Waals surface area contributed by atoms with Crippen LogP contribution in [0.4, 0.5) is 0 Å². The minimum Gasteiger partial charge on any atom is -0.276 e. The lowest BCUT2D eigenvalue weighted by Gasteiger charge is -1.95. The number of halogens is 1. The lowest BCUT2D eigenvalue weighted by Crippen LogP contribution is -1.98. The first-order valence-corrected chi connectivity index (χ1v) is 5.12. The molecular weight excluding hydrogens is 230 g/mol. The quantitative estimate of drug-likeness (QED) is 0.251. The molecule has 0 bridgehead atoms. The molecule has 0 spiro atoms. The van der Waals surface area contributed by atoms with E-state index in [4.69, 9.17) is 11.6 Å². The van der Waals surface area contributed by atoms with Gasteiger partial charge in [-0.25, -0.2) is 0 Å².